The largest absolute Gasteiger partial charge is 0.465 e. The summed E-state index contributed by atoms with van der Waals surface area (Å²) in [5.41, 5.74) is -0.971. The quantitative estimate of drug-likeness (QED) is 0.889. The van der Waals surface area contributed by atoms with Gasteiger partial charge in [0, 0.05) is 25.8 Å². The van der Waals surface area contributed by atoms with Crippen LogP contribution in [0.1, 0.15) is 23.3 Å². The highest BCUT2D eigenvalue weighted by atomic mass is 19.4. The van der Waals surface area contributed by atoms with Gasteiger partial charge >= 0.3 is 6.18 Å². The molecule has 1 aliphatic rings. The fraction of sp³-hybridized carbons (Fsp3) is 0.500. The second kappa shape index (κ2) is 7.40. The van der Waals surface area contributed by atoms with Crippen molar-refractivity contribution in [2.45, 2.75) is 19.1 Å². The molecule has 0 aliphatic carbocycles. The first kappa shape index (κ1) is 17.7. The van der Waals surface area contributed by atoms with Crippen molar-refractivity contribution < 1.29 is 22.3 Å². The van der Waals surface area contributed by atoms with Crippen LogP contribution in [0.2, 0.25) is 0 Å². The zero-order valence-corrected chi connectivity index (χ0v) is 13.7. The summed E-state index contributed by atoms with van der Waals surface area (Å²) in [6.45, 7) is 4.83. The SMILES string of the molecule is Cc1ccc(C(CNc2nccc(C(F)(F)F)n2)N2CCOCC2)o1. The maximum Gasteiger partial charge on any atom is 0.433 e. The number of furan rings is 1. The molecular formula is C16H19F3N4O2. The molecule has 9 heteroatoms. The van der Waals surface area contributed by atoms with E-state index in [2.05, 4.69) is 20.2 Å². The fourth-order valence-electron chi connectivity index (χ4n) is 2.72. The summed E-state index contributed by atoms with van der Waals surface area (Å²) < 4.78 is 49.4. The molecule has 1 unspecified atom stereocenters. The minimum atomic E-state index is -4.50. The summed E-state index contributed by atoms with van der Waals surface area (Å²) in [7, 11) is 0. The maximum absolute atomic E-state index is 12.8. The minimum absolute atomic E-state index is 0.0589. The molecule has 0 spiro atoms. The second-order valence-electron chi connectivity index (χ2n) is 5.76. The van der Waals surface area contributed by atoms with Crippen LogP contribution < -0.4 is 5.32 Å². The first-order chi connectivity index (χ1) is 11.9. The van der Waals surface area contributed by atoms with Crippen LogP contribution in [0.5, 0.6) is 0 Å². The van der Waals surface area contributed by atoms with E-state index in [0.717, 1.165) is 36.9 Å². The first-order valence-electron chi connectivity index (χ1n) is 7.96. The number of halogens is 3. The molecule has 0 saturated carbocycles. The van der Waals surface area contributed by atoms with Crippen LogP contribution in [-0.4, -0.2) is 47.7 Å². The molecule has 3 rings (SSSR count). The van der Waals surface area contributed by atoms with Crippen LogP contribution in [0, 0.1) is 6.92 Å². The van der Waals surface area contributed by atoms with Crippen LogP contribution >= 0.6 is 0 Å². The smallest absolute Gasteiger partial charge is 0.433 e. The lowest BCUT2D eigenvalue weighted by Gasteiger charge is -2.33. The monoisotopic (exact) mass is 356 g/mol. The van der Waals surface area contributed by atoms with Crippen LogP contribution in [0.4, 0.5) is 19.1 Å². The topological polar surface area (TPSA) is 63.4 Å². The summed E-state index contributed by atoms with van der Waals surface area (Å²) in [5.74, 6) is 1.47. The number of nitrogens with one attached hydrogen (secondary N) is 1. The van der Waals surface area contributed by atoms with Crippen molar-refractivity contribution in [3.8, 4) is 0 Å². The predicted molar refractivity (Wildman–Crippen MR) is 84.1 cm³/mol. The van der Waals surface area contributed by atoms with Crippen LogP contribution in [0.25, 0.3) is 0 Å². The second-order valence-corrected chi connectivity index (χ2v) is 5.76. The number of ether oxygens (including phenoxy) is 1. The van der Waals surface area contributed by atoms with Crippen LogP contribution in [0.15, 0.2) is 28.8 Å². The standard InChI is InChI=1S/C16H19F3N4O2/c1-11-2-3-13(25-11)12(23-6-8-24-9-7-23)10-21-15-20-5-4-14(22-15)16(17,18)19/h2-5,12H,6-10H2,1H3,(H,20,21,22). The Morgan fingerprint density at radius 1 is 1.24 bits per heavy atom. The predicted octanol–water partition coefficient (Wildman–Crippen LogP) is 2.88. The number of morpholine rings is 1. The lowest BCUT2D eigenvalue weighted by atomic mass is 10.1. The number of alkyl halides is 3. The van der Waals surface area contributed by atoms with Crippen molar-refractivity contribution in [2.24, 2.45) is 0 Å². The van der Waals surface area contributed by atoms with E-state index in [1.54, 1.807) is 0 Å². The maximum atomic E-state index is 12.8. The fourth-order valence-corrected chi connectivity index (χ4v) is 2.72. The van der Waals surface area contributed by atoms with Gasteiger partial charge in [0.1, 0.15) is 17.2 Å². The normalized spacial score (nSPS) is 17.4. The van der Waals surface area contributed by atoms with Gasteiger partial charge in [-0.2, -0.15) is 13.2 Å². The zero-order chi connectivity index (χ0) is 17.9. The number of nitrogens with zero attached hydrogens (tertiary/aromatic N) is 3. The molecule has 1 atom stereocenters. The summed E-state index contributed by atoms with van der Waals surface area (Å²) >= 11 is 0. The van der Waals surface area contributed by atoms with Gasteiger partial charge in [-0.15, -0.1) is 0 Å². The minimum Gasteiger partial charge on any atom is -0.465 e. The van der Waals surface area contributed by atoms with Gasteiger partial charge in [0.2, 0.25) is 5.95 Å². The number of anilines is 1. The van der Waals surface area contributed by atoms with Crippen molar-refractivity contribution in [3.63, 3.8) is 0 Å². The van der Waals surface area contributed by atoms with Gasteiger partial charge in [-0.05, 0) is 25.1 Å². The van der Waals surface area contributed by atoms with E-state index < -0.39 is 11.9 Å². The van der Waals surface area contributed by atoms with Crippen molar-refractivity contribution in [1.82, 2.24) is 14.9 Å². The average molecular weight is 356 g/mol. The van der Waals surface area contributed by atoms with Crippen molar-refractivity contribution in [1.29, 1.82) is 0 Å². The summed E-state index contributed by atoms with van der Waals surface area (Å²) in [5, 5.41) is 2.90. The number of hydrogen-bond acceptors (Lipinski definition) is 6. The van der Waals surface area contributed by atoms with E-state index in [0.29, 0.717) is 19.8 Å². The van der Waals surface area contributed by atoms with E-state index in [1.807, 2.05) is 19.1 Å². The van der Waals surface area contributed by atoms with Gasteiger partial charge in [0.05, 0.1) is 19.3 Å². The third-order valence-electron chi connectivity index (χ3n) is 3.98. The Morgan fingerprint density at radius 3 is 2.64 bits per heavy atom. The molecule has 0 bridgehead atoms. The average Bonchev–Trinajstić information content (AvgIpc) is 3.02. The Hall–Kier alpha value is -2.13. The van der Waals surface area contributed by atoms with Crippen molar-refractivity contribution in [3.05, 3.63) is 41.6 Å². The summed E-state index contributed by atoms with van der Waals surface area (Å²) in [4.78, 5) is 9.58. The van der Waals surface area contributed by atoms with E-state index in [9.17, 15) is 13.2 Å². The summed E-state index contributed by atoms with van der Waals surface area (Å²) in [6.07, 6.45) is -3.40. The number of rotatable bonds is 5. The summed E-state index contributed by atoms with van der Waals surface area (Å²) in [6, 6.07) is 4.45. The first-order valence-corrected chi connectivity index (χ1v) is 7.96. The van der Waals surface area contributed by atoms with E-state index in [4.69, 9.17) is 9.15 Å². The van der Waals surface area contributed by atoms with E-state index in [-0.39, 0.29) is 12.0 Å². The Kier molecular flexibility index (Phi) is 5.24. The highest BCUT2D eigenvalue weighted by molar-refractivity contribution is 5.27. The van der Waals surface area contributed by atoms with Crippen molar-refractivity contribution in [2.75, 3.05) is 38.2 Å². The number of hydrogen-bond donors (Lipinski definition) is 1. The molecule has 136 valence electrons. The lowest BCUT2D eigenvalue weighted by Crippen LogP contribution is -2.41. The zero-order valence-electron chi connectivity index (χ0n) is 13.7. The Bertz CT molecular complexity index is 699. The van der Waals surface area contributed by atoms with Gasteiger partial charge in [-0.3, -0.25) is 4.90 Å². The van der Waals surface area contributed by atoms with E-state index >= 15 is 0 Å². The molecule has 0 aromatic carbocycles. The van der Waals surface area contributed by atoms with Gasteiger partial charge in [-0.25, -0.2) is 9.97 Å². The Balaban J connectivity index is 1.74. The molecule has 2 aromatic rings. The third-order valence-corrected chi connectivity index (χ3v) is 3.98. The molecule has 0 amide bonds. The molecule has 2 aromatic heterocycles. The van der Waals surface area contributed by atoms with Crippen LogP contribution in [0.3, 0.4) is 0 Å². The molecule has 1 aliphatic heterocycles. The van der Waals surface area contributed by atoms with Gasteiger partial charge in [0.25, 0.3) is 0 Å². The number of aromatic nitrogens is 2. The molecule has 1 fully saturated rings. The molecule has 1 N–H and O–H groups in total. The lowest BCUT2D eigenvalue weighted by molar-refractivity contribution is -0.141. The highest BCUT2D eigenvalue weighted by Gasteiger charge is 2.33. The third kappa shape index (κ3) is 4.49. The molecule has 1 saturated heterocycles. The molecular weight excluding hydrogens is 337 g/mol. The van der Waals surface area contributed by atoms with Gasteiger partial charge < -0.3 is 14.5 Å². The van der Waals surface area contributed by atoms with Crippen LogP contribution in [-0.2, 0) is 10.9 Å². The number of aryl methyl sites for hydroxylation is 1. The van der Waals surface area contributed by atoms with Crippen molar-refractivity contribution >= 4 is 5.95 Å². The highest BCUT2D eigenvalue weighted by Crippen LogP contribution is 2.28. The van der Waals surface area contributed by atoms with Gasteiger partial charge in [0.15, 0.2) is 0 Å². The Labute approximate surface area is 143 Å². The molecule has 25 heavy (non-hydrogen) atoms. The van der Waals surface area contributed by atoms with E-state index in [1.165, 1.54) is 0 Å². The Morgan fingerprint density at radius 2 is 2.00 bits per heavy atom. The molecule has 3 heterocycles. The molecule has 6 nitrogen and oxygen atoms in total. The molecule has 0 radical (unpaired) electrons. The van der Waals surface area contributed by atoms with Gasteiger partial charge in [-0.1, -0.05) is 0 Å².